The highest BCUT2D eigenvalue weighted by Crippen LogP contribution is 2.31. The van der Waals surface area contributed by atoms with Crippen molar-refractivity contribution in [1.82, 2.24) is 0 Å². The minimum absolute atomic E-state index is 0.0832. The molecule has 0 N–H and O–H groups in total. The van der Waals surface area contributed by atoms with Crippen molar-refractivity contribution in [2.24, 2.45) is 0 Å². The lowest BCUT2D eigenvalue weighted by molar-refractivity contribution is 0.0595. The summed E-state index contributed by atoms with van der Waals surface area (Å²) in [4.78, 5) is 11.0. The summed E-state index contributed by atoms with van der Waals surface area (Å²) in [6.45, 7) is 0. The van der Waals surface area contributed by atoms with E-state index in [0.29, 0.717) is 0 Å². The molecule has 84 valence electrons. The second-order valence-electron chi connectivity index (χ2n) is 2.83. The lowest BCUT2D eigenvalue weighted by Crippen LogP contribution is -2.06. The number of halogens is 2. The van der Waals surface area contributed by atoms with Crippen molar-refractivity contribution < 1.29 is 18.3 Å². The Kier molecular flexibility index (Phi) is 3.85. The van der Waals surface area contributed by atoms with Crippen molar-refractivity contribution >= 4 is 18.6 Å². The normalized spacial score (nSPS) is 10.0. The van der Waals surface area contributed by atoms with Gasteiger partial charge < -0.3 is 4.74 Å². The van der Waals surface area contributed by atoms with Crippen molar-refractivity contribution in [2.45, 2.75) is 11.3 Å². The third kappa shape index (κ3) is 2.14. The van der Waals surface area contributed by atoms with Crippen LogP contribution in [0.3, 0.4) is 0 Å². The number of hydrogen-bond acceptors (Lipinski definition) is 4. The summed E-state index contributed by atoms with van der Waals surface area (Å²) < 4.78 is 29.8. The molecule has 1 aromatic rings. The second kappa shape index (κ2) is 4.94. The molecule has 0 heterocycles. The molecule has 0 bridgehead atoms. The van der Waals surface area contributed by atoms with Crippen LogP contribution in [0.5, 0.6) is 0 Å². The number of carbonyl (C=O) groups excluding carboxylic acids is 1. The van der Waals surface area contributed by atoms with Gasteiger partial charge in [-0.05, 0) is 12.1 Å². The van der Waals surface area contributed by atoms with Crippen molar-refractivity contribution in [3.8, 4) is 6.07 Å². The van der Waals surface area contributed by atoms with Gasteiger partial charge in [0, 0.05) is 10.5 Å². The molecule has 1 aromatic carbocycles. The van der Waals surface area contributed by atoms with Gasteiger partial charge in [-0.1, -0.05) is 0 Å². The number of esters is 1. The van der Waals surface area contributed by atoms with Gasteiger partial charge in [0.1, 0.15) is 0 Å². The maximum Gasteiger partial charge on any atom is 0.338 e. The molecule has 6 heteroatoms. The van der Waals surface area contributed by atoms with E-state index in [4.69, 9.17) is 5.26 Å². The quantitative estimate of drug-likeness (QED) is 0.641. The zero-order valence-corrected chi connectivity index (χ0v) is 9.09. The number of thiol groups is 1. The third-order valence-electron chi connectivity index (χ3n) is 1.96. The molecule has 0 spiro atoms. The Morgan fingerprint density at radius 1 is 1.56 bits per heavy atom. The van der Waals surface area contributed by atoms with Gasteiger partial charge in [0.15, 0.2) is 0 Å². The van der Waals surface area contributed by atoms with Gasteiger partial charge in [0.05, 0.1) is 24.3 Å². The molecular formula is C10H7F2NO2S. The van der Waals surface area contributed by atoms with Crippen molar-refractivity contribution in [3.05, 3.63) is 28.8 Å². The summed E-state index contributed by atoms with van der Waals surface area (Å²) in [5.74, 6) is -0.767. The Bertz CT molecular complexity index is 469. The van der Waals surface area contributed by atoms with E-state index >= 15 is 0 Å². The topological polar surface area (TPSA) is 50.1 Å². The second-order valence-corrected chi connectivity index (χ2v) is 3.27. The first-order chi connectivity index (χ1) is 7.52. The largest absolute Gasteiger partial charge is 0.465 e. The average molecular weight is 243 g/mol. The van der Waals surface area contributed by atoms with E-state index in [1.54, 1.807) is 6.07 Å². The molecule has 0 radical (unpaired) electrons. The van der Waals surface area contributed by atoms with Crippen LogP contribution in [0.15, 0.2) is 17.0 Å². The Morgan fingerprint density at radius 3 is 2.62 bits per heavy atom. The summed E-state index contributed by atoms with van der Waals surface area (Å²) in [6, 6.07) is 4.00. The predicted octanol–water partition coefficient (Wildman–Crippen LogP) is 2.57. The summed E-state index contributed by atoms with van der Waals surface area (Å²) >= 11 is 3.84. The van der Waals surface area contributed by atoms with Gasteiger partial charge in [-0.15, -0.1) is 12.6 Å². The SMILES string of the molecule is COC(=O)c1ccc(C#N)c(C(F)F)c1S. The van der Waals surface area contributed by atoms with E-state index in [0.717, 1.165) is 13.2 Å². The Labute approximate surface area is 96.0 Å². The van der Waals surface area contributed by atoms with Gasteiger partial charge in [0.25, 0.3) is 6.43 Å². The summed E-state index contributed by atoms with van der Waals surface area (Å²) in [5.41, 5.74) is -0.832. The third-order valence-corrected chi connectivity index (χ3v) is 2.44. The molecule has 0 aliphatic rings. The van der Waals surface area contributed by atoms with Gasteiger partial charge in [-0.25, -0.2) is 13.6 Å². The van der Waals surface area contributed by atoms with E-state index in [9.17, 15) is 13.6 Å². The van der Waals surface area contributed by atoms with Crippen LogP contribution in [-0.2, 0) is 4.74 Å². The minimum atomic E-state index is -2.87. The molecule has 0 fully saturated rings. The zero-order valence-electron chi connectivity index (χ0n) is 8.20. The molecule has 0 saturated carbocycles. The van der Waals surface area contributed by atoms with E-state index in [2.05, 4.69) is 17.4 Å². The standard InChI is InChI=1S/C10H7F2NO2S/c1-15-10(14)6-3-2-5(4-13)7(8(6)16)9(11)12/h2-3,9,16H,1H3. The molecule has 0 aliphatic heterocycles. The highest BCUT2D eigenvalue weighted by molar-refractivity contribution is 7.80. The molecule has 0 amide bonds. The van der Waals surface area contributed by atoms with Crippen LogP contribution in [0.1, 0.15) is 27.9 Å². The molecule has 3 nitrogen and oxygen atoms in total. The van der Waals surface area contributed by atoms with E-state index in [-0.39, 0.29) is 16.0 Å². The minimum Gasteiger partial charge on any atom is -0.465 e. The van der Waals surface area contributed by atoms with Crippen molar-refractivity contribution in [3.63, 3.8) is 0 Å². The van der Waals surface area contributed by atoms with Gasteiger partial charge in [-0.3, -0.25) is 0 Å². The summed E-state index contributed by atoms with van der Waals surface area (Å²) in [5, 5.41) is 8.64. The smallest absolute Gasteiger partial charge is 0.338 e. The fourth-order valence-electron chi connectivity index (χ4n) is 1.20. The molecule has 0 aliphatic carbocycles. The number of rotatable bonds is 2. The highest BCUT2D eigenvalue weighted by Gasteiger charge is 2.22. The summed E-state index contributed by atoms with van der Waals surface area (Å²) in [7, 11) is 1.13. The molecule has 0 saturated heterocycles. The fourth-order valence-corrected chi connectivity index (χ4v) is 1.58. The average Bonchev–Trinajstić information content (AvgIpc) is 2.26. The van der Waals surface area contributed by atoms with Crippen LogP contribution in [-0.4, -0.2) is 13.1 Å². The Balaban J connectivity index is 3.45. The number of ether oxygens (including phenoxy) is 1. The molecule has 0 atom stereocenters. The maximum absolute atomic E-state index is 12.7. The monoisotopic (exact) mass is 243 g/mol. The first-order valence-electron chi connectivity index (χ1n) is 4.15. The number of methoxy groups -OCH3 is 1. The molecule has 0 aromatic heterocycles. The van der Waals surface area contributed by atoms with Gasteiger partial charge in [-0.2, -0.15) is 5.26 Å². The van der Waals surface area contributed by atoms with Crippen LogP contribution < -0.4 is 0 Å². The first-order valence-corrected chi connectivity index (χ1v) is 4.60. The van der Waals surface area contributed by atoms with Crippen LogP contribution in [0.2, 0.25) is 0 Å². The Hall–Kier alpha value is -1.61. The Morgan fingerprint density at radius 2 is 2.19 bits per heavy atom. The van der Waals surface area contributed by atoms with Gasteiger partial charge in [0.2, 0.25) is 0 Å². The number of carbonyl (C=O) groups is 1. The van der Waals surface area contributed by atoms with Crippen LogP contribution >= 0.6 is 12.6 Å². The van der Waals surface area contributed by atoms with Crippen LogP contribution in [0, 0.1) is 11.3 Å². The number of alkyl halides is 2. The molecule has 0 unspecified atom stereocenters. The maximum atomic E-state index is 12.7. The fraction of sp³-hybridized carbons (Fsp3) is 0.200. The number of nitriles is 1. The first kappa shape index (κ1) is 12.5. The zero-order chi connectivity index (χ0) is 12.3. The lowest BCUT2D eigenvalue weighted by atomic mass is 10.0. The number of hydrogen-bond donors (Lipinski definition) is 1. The van der Waals surface area contributed by atoms with Crippen LogP contribution in [0.25, 0.3) is 0 Å². The van der Waals surface area contributed by atoms with Crippen LogP contribution in [0.4, 0.5) is 8.78 Å². The van der Waals surface area contributed by atoms with E-state index < -0.39 is 18.0 Å². The molecule has 16 heavy (non-hydrogen) atoms. The number of nitrogens with zero attached hydrogens (tertiary/aromatic N) is 1. The van der Waals surface area contributed by atoms with Gasteiger partial charge >= 0.3 is 5.97 Å². The molecule has 1 rings (SSSR count). The molecular weight excluding hydrogens is 236 g/mol. The van der Waals surface area contributed by atoms with E-state index in [1.807, 2.05) is 0 Å². The highest BCUT2D eigenvalue weighted by atomic mass is 32.1. The van der Waals surface area contributed by atoms with E-state index in [1.165, 1.54) is 6.07 Å². The summed E-state index contributed by atoms with van der Waals surface area (Å²) in [6.07, 6.45) is -2.87. The predicted molar refractivity (Wildman–Crippen MR) is 54.7 cm³/mol. The van der Waals surface area contributed by atoms with Crippen molar-refractivity contribution in [1.29, 1.82) is 5.26 Å². The number of benzene rings is 1. The van der Waals surface area contributed by atoms with Crippen molar-refractivity contribution in [2.75, 3.05) is 7.11 Å². The lowest BCUT2D eigenvalue weighted by Gasteiger charge is -2.09.